The summed E-state index contributed by atoms with van der Waals surface area (Å²) in [5, 5.41) is -1.80. The van der Waals surface area contributed by atoms with E-state index in [1.165, 1.54) is 33.4 Å². The SMILES string of the molecule is C=O.C=O.CC(C(P)(c1ccccc1)c1ccccc1)(C(P)(c1ccccc1)c1ccccc1)C(P)(c1ccccc1)c1ccccc1.[Ru]. The van der Waals surface area contributed by atoms with Crippen LogP contribution in [0.2, 0.25) is 0 Å². The molecule has 0 aliphatic heterocycles. The van der Waals surface area contributed by atoms with Crippen molar-refractivity contribution < 1.29 is 29.1 Å². The van der Waals surface area contributed by atoms with Crippen molar-refractivity contribution in [1.82, 2.24) is 0 Å². The molecule has 0 radical (unpaired) electrons. The molecule has 49 heavy (non-hydrogen) atoms. The molecule has 0 aliphatic rings. The summed E-state index contributed by atoms with van der Waals surface area (Å²) in [7, 11) is 10.3. The molecule has 250 valence electrons. The molecule has 3 unspecified atom stereocenters. The zero-order valence-electron chi connectivity index (χ0n) is 27.6. The maximum Gasteiger partial charge on any atom is 0.106 e. The Morgan fingerprint density at radius 3 is 0.571 bits per heavy atom. The minimum atomic E-state index is -0.624. The fourth-order valence-electron chi connectivity index (χ4n) is 7.37. The molecule has 0 aliphatic carbocycles. The van der Waals surface area contributed by atoms with Crippen molar-refractivity contribution in [2.75, 3.05) is 0 Å². The van der Waals surface area contributed by atoms with E-state index in [2.05, 4.69) is 217 Å². The summed E-state index contributed by atoms with van der Waals surface area (Å²) in [5.74, 6) is 0. The molecule has 0 fully saturated rings. The number of hydrogen-bond donors (Lipinski definition) is 0. The summed E-state index contributed by atoms with van der Waals surface area (Å²) >= 11 is 0. The van der Waals surface area contributed by atoms with Crippen molar-refractivity contribution in [2.45, 2.75) is 22.4 Å². The molecule has 0 heterocycles. The molecule has 6 aromatic carbocycles. The first-order valence-corrected chi connectivity index (χ1v) is 17.4. The van der Waals surface area contributed by atoms with E-state index >= 15 is 0 Å². The minimum absolute atomic E-state index is 0. The number of hydrogen-bond acceptors (Lipinski definition) is 2. The number of benzene rings is 6. The van der Waals surface area contributed by atoms with Gasteiger partial charge in [0.05, 0.1) is 0 Å². The topological polar surface area (TPSA) is 34.1 Å². The molecule has 6 aromatic rings. The van der Waals surface area contributed by atoms with E-state index in [-0.39, 0.29) is 19.5 Å². The summed E-state index contributed by atoms with van der Waals surface area (Å²) in [6, 6.07) is 66.2. The maximum atomic E-state index is 8.00. The van der Waals surface area contributed by atoms with E-state index in [1.807, 2.05) is 13.6 Å². The predicted octanol–water partition coefficient (Wildman–Crippen LogP) is 10.1. The Kier molecular flexibility index (Phi) is 14.7. The molecule has 3 atom stereocenters. The average molecular weight is 786 g/mol. The molecule has 0 saturated carbocycles. The van der Waals surface area contributed by atoms with Crippen LogP contribution in [0, 0.1) is 5.41 Å². The van der Waals surface area contributed by atoms with Gasteiger partial charge >= 0.3 is 0 Å². The van der Waals surface area contributed by atoms with Gasteiger partial charge in [0, 0.05) is 40.4 Å². The van der Waals surface area contributed by atoms with Crippen LogP contribution in [-0.4, -0.2) is 13.6 Å². The second kappa shape index (κ2) is 18.0. The van der Waals surface area contributed by atoms with E-state index in [4.69, 9.17) is 9.59 Å². The minimum Gasteiger partial charge on any atom is -0.307 e. The second-order valence-corrected chi connectivity index (χ2v) is 14.3. The molecule has 6 heteroatoms. The first-order chi connectivity index (χ1) is 23.4. The number of carbonyl (C=O) groups excluding carboxylic acids is 2. The fourth-order valence-corrected chi connectivity index (χ4v) is 10.4. The summed E-state index contributed by atoms with van der Waals surface area (Å²) in [4.78, 5) is 16.0. The van der Waals surface area contributed by atoms with E-state index in [0.29, 0.717) is 0 Å². The van der Waals surface area contributed by atoms with Gasteiger partial charge in [-0.25, -0.2) is 0 Å². The predicted molar refractivity (Wildman–Crippen MR) is 212 cm³/mol. The molecule has 6 rings (SSSR count). The van der Waals surface area contributed by atoms with Crippen molar-refractivity contribution in [3.63, 3.8) is 0 Å². The quantitative estimate of drug-likeness (QED) is 0.108. The van der Waals surface area contributed by atoms with Gasteiger partial charge in [-0.1, -0.05) is 189 Å². The van der Waals surface area contributed by atoms with Gasteiger partial charge in [-0.3, -0.25) is 0 Å². The van der Waals surface area contributed by atoms with Crippen LogP contribution >= 0.6 is 27.7 Å². The van der Waals surface area contributed by atoms with Crippen LogP contribution in [0.15, 0.2) is 182 Å². The Morgan fingerprint density at radius 1 is 0.327 bits per heavy atom. The van der Waals surface area contributed by atoms with Gasteiger partial charge in [-0.2, -0.15) is 0 Å². The molecular formula is C43H43O2P3Ru. The third kappa shape index (κ3) is 6.98. The Bertz CT molecular complexity index is 1490. The number of carbonyl (C=O) groups is 2. The first kappa shape index (κ1) is 40.0. The molecule has 2 nitrogen and oxygen atoms in total. The Labute approximate surface area is 311 Å². The van der Waals surface area contributed by atoms with Crippen LogP contribution in [0.3, 0.4) is 0 Å². The maximum absolute atomic E-state index is 8.00. The molecule has 0 aromatic heterocycles. The fraction of sp³-hybridized carbons (Fsp3) is 0.116. The molecule has 0 N–H and O–H groups in total. The van der Waals surface area contributed by atoms with Crippen molar-refractivity contribution in [3.8, 4) is 0 Å². The summed E-state index contributed by atoms with van der Waals surface area (Å²) in [6.07, 6.45) is 0. The van der Waals surface area contributed by atoms with Gasteiger partial charge in [0.25, 0.3) is 0 Å². The molecule has 0 amide bonds. The van der Waals surface area contributed by atoms with Gasteiger partial charge in [0.1, 0.15) is 13.6 Å². The smallest absolute Gasteiger partial charge is 0.106 e. The third-order valence-electron chi connectivity index (χ3n) is 9.74. The molecule has 0 bridgehead atoms. The third-order valence-corrected chi connectivity index (χ3v) is 13.5. The monoisotopic (exact) mass is 786 g/mol. The van der Waals surface area contributed by atoms with Crippen LogP contribution in [0.4, 0.5) is 0 Å². The Hall–Kier alpha value is -3.43. The van der Waals surface area contributed by atoms with Gasteiger partial charge in [0.15, 0.2) is 0 Å². The van der Waals surface area contributed by atoms with Crippen molar-refractivity contribution in [2.24, 2.45) is 5.41 Å². The van der Waals surface area contributed by atoms with Gasteiger partial charge in [-0.15, -0.1) is 27.7 Å². The molecule has 0 saturated heterocycles. The van der Waals surface area contributed by atoms with E-state index < -0.39 is 20.9 Å². The average Bonchev–Trinajstić information content (AvgIpc) is 3.20. The Balaban J connectivity index is 0.00000125. The van der Waals surface area contributed by atoms with Crippen molar-refractivity contribution in [1.29, 1.82) is 0 Å². The Morgan fingerprint density at radius 2 is 0.449 bits per heavy atom. The second-order valence-electron chi connectivity index (χ2n) is 11.7. The van der Waals surface area contributed by atoms with Crippen LogP contribution in [0.25, 0.3) is 0 Å². The summed E-state index contributed by atoms with van der Waals surface area (Å²) in [5.41, 5.74) is 6.77. The van der Waals surface area contributed by atoms with Crippen molar-refractivity contribution in [3.05, 3.63) is 215 Å². The van der Waals surface area contributed by atoms with Crippen molar-refractivity contribution >= 4 is 41.3 Å². The normalized spacial score (nSPS) is 11.4. The van der Waals surface area contributed by atoms with Crippen LogP contribution in [0.1, 0.15) is 40.3 Å². The van der Waals surface area contributed by atoms with E-state index in [0.717, 1.165) is 0 Å². The van der Waals surface area contributed by atoms with E-state index in [9.17, 15) is 0 Å². The molecule has 0 spiro atoms. The van der Waals surface area contributed by atoms with Gasteiger partial charge in [-0.05, 0) is 33.4 Å². The zero-order valence-corrected chi connectivity index (χ0v) is 32.8. The van der Waals surface area contributed by atoms with Crippen LogP contribution in [-0.2, 0) is 44.5 Å². The largest absolute Gasteiger partial charge is 0.307 e. The standard InChI is InChI=1S/C41H39P3.2CH2O.Ru/c1-38(39(42,32-20-8-2-9-21-32)33-22-10-3-11-23-33,40(43,34-24-12-4-13-25-34)35-26-14-5-15-27-35)41(44,36-28-16-6-17-29-36)37-30-18-7-19-31-37;2*1-2;/h2-31H,42-44H2,1H3;2*1H2;. The molecular weight excluding hydrogens is 742 g/mol. The summed E-state index contributed by atoms with van der Waals surface area (Å²) in [6.45, 7) is 6.50. The van der Waals surface area contributed by atoms with Gasteiger partial charge < -0.3 is 9.59 Å². The summed E-state index contributed by atoms with van der Waals surface area (Å²) < 4.78 is 0. The zero-order chi connectivity index (χ0) is 34.7. The first-order valence-electron chi connectivity index (χ1n) is 15.7. The van der Waals surface area contributed by atoms with Gasteiger partial charge in [0.2, 0.25) is 0 Å². The van der Waals surface area contributed by atoms with E-state index in [1.54, 1.807) is 0 Å². The van der Waals surface area contributed by atoms with Crippen LogP contribution in [0.5, 0.6) is 0 Å². The van der Waals surface area contributed by atoms with Crippen LogP contribution < -0.4 is 0 Å². The number of rotatable bonds is 9.